The first-order valence-corrected chi connectivity index (χ1v) is 10.5. The monoisotopic (exact) mass is 423 g/mol. The number of aliphatic carboxylic acids is 1. The number of hydrogen-bond donors (Lipinski definition) is 2. The summed E-state index contributed by atoms with van der Waals surface area (Å²) < 4.78 is 17.3. The molecule has 4 atom stereocenters. The van der Waals surface area contributed by atoms with Gasteiger partial charge >= 0.3 is 12.1 Å². The summed E-state index contributed by atoms with van der Waals surface area (Å²) in [5, 5.41) is 12.4. The molecule has 1 aliphatic heterocycles. The van der Waals surface area contributed by atoms with Gasteiger partial charge in [0.1, 0.15) is 18.8 Å². The Morgan fingerprint density at radius 2 is 1.61 bits per heavy atom. The second kappa shape index (κ2) is 7.35. The molecular weight excluding hydrogens is 398 g/mol. The molecule has 31 heavy (non-hydrogen) atoms. The SMILES string of the molecule is CC1(C)O[C@@H]2[C@H](O1)[C@@H](NC(=O)OCC1c3ccccc3-c3ccccc31)C[C@H]2C(=O)O. The number of nitrogens with one attached hydrogen (secondary N) is 1. The van der Waals surface area contributed by atoms with E-state index in [9.17, 15) is 14.7 Å². The Labute approximate surface area is 180 Å². The first-order valence-electron chi connectivity index (χ1n) is 10.5. The number of fused-ring (bicyclic) bond motifs is 4. The van der Waals surface area contributed by atoms with E-state index in [0.29, 0.717) is 0 Å². The molecule has 3 aliphatic rings. The molecule has 162 valence electrons. The average Bonchev–Trinajstić information content (AvgIpc) is 3.34. The molecule has 5 rings (SSSR count). The summed E-state index contributed by atoms with van der Waals surface area (Å²) in [7, 11) is 0. The number of carboxylic acid groups (broad SMARTS) is 1. The summed E-state index contributed by atoms with van der Waals surface area (Å²) >= 11 is 0. The van der Waals surface area contributed by atoms with Crippen LogP contribution in [0, 0.1) is 5.92 Å². The van der Waals surface area contributed by atoms with Crippen molar-refractivity contribution in [1.29, 1.82) is 0 Å². The van der Waals surface area contributed by atoms with Crippen LogP contribution in [-0.2, 0) is 19.0 Å². The van der Waals surface area contributed by atoms with Gasteiger partial charge in [0.05, 0.1) is 12.0 Å². The van der Waals surface area contributed by atoms with E-state index in [2.05, 4.69) is 29.6 Å². The summed E-state index contributed by atoms with van der Waals surface area (Å²) in [6, 6.07) is 15.8. The summed E-state index contributed by atoms with van der Waals surface area (Å²) in [4.78, 5) is 24.3. The lowest BCUT2D eigenvalue weighted by atomic mass is 9.98. The Morgan fingerprint density at radius 3 is 2.23 bits per heavy atom. The molecule has 2 fully saturated rings. The van der Waals surface area contributed by atoms with Gasteiger partial charge in [-0.3, -0.25) is 4.79 Å². The highest BCUT2D eigenvalue weighted by Gasteiger charge is 2.56. The fraction of sp³-hybridized carbons (Fsp3) is 0.417. The first-order chi connectivity index (χ1) is 14.8. The third-order valence-electron chi connectivity index (χ3n) is 6.43. The number of rotatable bonds is 4. The zero-order valence-electron chi connectivity index (χ0n) is 17.4. The van der Waals surface area contributed by atoms with Gasteiger partial charge in [-0.15, -0.1) is 0 Å². The minimum absolute atomic E-state index is 0.0359. The second-order valence-corrected chi connectivity index (χ2v) is 8.82. The fourth-order valence-corrected chi connectivity index (χ4v) is 5.16. The normalized spacial score (nSPS) is 27.9. The van der Waals surface area contributed by atoms with Crippen molar-refractivity contribution in [3.8, 4) is 11.1 Å². The van der Waals surface area contributed by atoms with Crippen LogP contribution in [0.5, 0.6) is 0 Å². The number of hydrogen-bond acceptors (Lipinski definition) is 5. The van der Waals surface area contributed by atoms with Crippen LogP contribution in [0.25, 0.3) is 11.1 Å². The Morgan fingerprint density at radius 1 is 1.03 bits per heavy atom. The smallest absolute Gasteiger partial charge is 0.407 e. The van der Waals surface area contributed by atoms with Crippen LogP contribution in [0.3, 0.4) is 0 Å². The lowest BCUT2D eigenvalue weighted by Gasteiger charge is -2.23. The van der Waals surface area contributed by atoms with Crippen molar-refractivity contribution in [2.24, 2.45) is 5.92 Å². The summed E-state index contributed by atoms with van der Waals surface area (Å²) in [6.45, 7) is 3.69. The molecule has 7 nitrogen and oxygen atoms in total. The van der Waals surface area contributed by atoms with Crippen molar-refractivity contribution in [1.82, 2.24) is 5.32 Å². The van der Waals surface area contributed by atoms with Gasteiger partial charge in [0.2, 0.25) is 0 Å². The minimum atomic E-state index is -0.951. The van der Waals surface area contributed by atoms with E-state index in [-0.39, 0.29) is 18.9 Å². The molecule has 0 radical (unpaired) electrons. The van der Waals surface area contributed by atoms with E-state index in [1.165, 1.54) is 0 Å². The summed E-state index contributed by atoms with van der Waals surface area (Å²) in [5.74, 6) is -2.60. The lowest BCUT2D eigenvalue weighted by Crippen LogP contribution is -2.43. The largest absolute Gasteiger partial charge is 0.481 e. The fourth-order valence-electron chi connectivity index (χ4n) is 5.16. The molecule has 0 unspecified atom stereocenters. The highest BCUT2D eigenvalue weighted by atomic mass is 16.8. The number of benzene rings is 2. The Bertz CT molecular complexity index is 989. The topological polar surface area (TPSA) is 94.1 Å². The highest BCUT2D eigenvalue weighted by Crippen LogP contribution is 2.45. The molecule has 0 aromatic heterocycles. The van der Waals surface area contributed by atoms with E-state index in [0.717, 1.165) is 22.3 Å². The van der Waals surface area contributed by atoms with E-state index in [4.69, 9.17) is 14.2 Å². The number of carbonyl (C=O) groups is 2. The Kier molecular flexibility index (Phi) is 4.75. The number of carbonyl (C=O) groups excluding carboxylic acids is 1. The number of amides is 1. The summed E-state index contributed by atoms with van der Waals surface area (Å²) in [6.07, 6.45) is -1.45. The van der Waals surface area contributed by atoms with Crippen molar-refractivity contribution in [3.63, 3.8) is 0 Å². The summed E-state index contributed by atoms with van der Waals surface area (Å²) in [5.41, 5.74) is 4.60. The molecule has 1 amide bonds. The minimum Gasteiger partial charge on any atom is -0.481 e. The molecule has 2 N–H and O–H groups in total. The van der Waals surface area contributed by atoms with Crippen molar-refractivity contribution >= 4 is 12.1 Å². The molecule has 2 aromatic carbocycles. The predicted molar refractivity (Wildman–Crippen MR) is 112 cm³/mol. The van der Waals surface area contributed by atoms with Crippen LogP contribution in [0.4, 0.5) is 4.79 Å². The lowest BCUT2D eigenvalue weighted by molar-refractivity contribution is -0.166. The van der Waals surface area contributed by atoms with Gasteiger partial charge < -0.3 is 24.6 Å². The number of alkyl carbamates (subject to hydrolysis) is 1. The molecule has 1 saturated heterocycles. The molecule has 0 bridgehead atoms. The molecular formula is C24H25NO6. The maximum Gasteiger partial charge on any atom is 0.407 e. The average molecular weight is 423 g/mol. The highest BCUT2D eigenvalue weighted by molar-refractivity contribution is 5.79. The van der Waals surface area contributed by atoms with Crippen molar-refractivity contribution in [2.45, 2.75) is 50.2 Å². The molecule has 2 aliphatic carbocycles. The molecule has 1 heterocycles. The van der Waals surface area contributed by atoms with E-state index >= 15 is 0 Å². The maximum atomic E-state index is 12.6. The zero-order chi connectivity index (χ0) is 21.8. The van der Waals surface area contributed by atoms with Crippen LogP contribution < -0.4 is 5.32 Å². The van der Waals surface area contributed by atoms with Crippen LogP contribution in [0.2, 0.25) is 0 Å². The zero-order valence-corrected chi connectivity index (χ0v) is 17.4. The van der Waals surface area contributed by atoms with Gasteiger partial charge in [-0.25, -0.2) is 4.79 Å². The molecule has 0 spiro atoms. The van der Waals surface area contributed by atoms with Gasteiger partial charge in [-0.05, 0) is 42.5 Å². The quantitative estimate of drug-likeness (QED) is 0.782. The van der Waals surface area contributed by atoms with Gasteiger partial charge in [-0.2, -0.15) is 0 Å². The van der Waals surface area contributed by atoms with Gasteiger partial charge in [0, 0.05) is 5.92 Å². The first kappa shape index (κ1) is 20.0. The third-order valence-corrected chi connectivity index (χ3v) is 6.43. The predicted octanol–water partition coefficient (Wildman–Crippen LogP) is 3.52. The van der Waals surface area contributed by atoms with Crippen LogP contribution >= 0.6 is 0 Å². The van der Waals surface area contributed by atoms with E-state index in [1.54, 1.807) is 13.8 Å². The standard InChI is InChI=1S/C24H25NO6/c1-24(2)30-20-17(22(26)27)11-19(21(20)31-24)25-23(28)29-12-18-15-9-5-3-7-13(15)14-8-4-6-10-16(14)18/h3-10,17-21H,11-12H2,1-2H3,(H,25,28)(H,26,27)/t17-,19+,20+,21-/m1/s1. The van der Waals surface area contributed by atoms with Crippen molar-refractivity contribution in [3.05, 3.63) is 59.7 Å². The molecule has 2 aromatic rings. The Hall–Kier alpha value is -2.90. The third kappa shape index (κ3) is 3.47. The van der Waals surface area contributed by atoms with Crippen LogP contribution in [-0.4, -0.2) is 47.8 Å². The van der Waals surface area contributed by atoms with Gasteiger partial charge in [-0.1, -0.05) is 48.5 Å². The van der Waals surface area contributed by atoms with Gasteiger partial charge in [0.25, 0.3) is 0 Å². The molecule has 1 saturated carbocycles. The van der Waals surface area contributed by atoms with Crippen LogP contribution in [0.1, 0.15) is 37.3 Å². The molecule has 7 heteroatoms. The van der Waals surface area contributed by atoms with Crippen LogP contribution in [0.15, 0.2) is 48.5 Å². The Balaban J connectivity index is 1.27. The van der Waals surface area contributed by atoms with E-state index in [1.807, 2.05) is 24.3 Å². The van der Waals surface area contributed by atoms with Gasteiger partial charge in [0.15, 0.2) is 5.79 Å². The van der Waals surface area contributed by atoms with E-state index < -0.39 is 42.0 Å². The van der Waals surface area contributed by atoms with Crippen molar-refractivity contribution in [2.75, 3.05) is 6.61 Å². The van der Waals surface area contributed by atoms with Crippen molar-refractivity contribution < 1.29 is 28.9 Å². The second-order valence-electron chi connectivity index (χ2n) is 8.82. The number of ether oxygens (including phenoxy) is 3. The maximum absolute atomic E-state index is 12.6. The number of carboxylic acids is 1.